The summed E-state index contributed by atoms with van der Waals surface area (Å²) in [5.41, 5.74) is 1.19. The van der Waals surface area contributed by atoms with Gasteiger partial charge in [0.15, 0.2) is 10.9 Å². The number of ketones is 1. The number of carbonyl (C=O) groups excluding carboxylic acids is 1. The molecular weight excluding hydrogens is 384 g/mol. The maximum Gasteiger partial charge on any atom is 0.261 e. The molecule has 0 saturated carbocycles. The highest BCUT2D eigenvalue weighted by atomic mass is 32.2. The van der Waals surface area contributed by atoms with Crippen molar-refractivity contribution in [1.29, 1.82) is 0 Å². The van der Waals surface area contributed by atoms with Gasteiger partial charge in [0.05, 0.1) is 16.7 Å². The number of benzene rings is 3. The minimum absolute atomic E-state index is 0.126. The number of thioether (sulfide) groups is 1. The first-order chi connectivity index (χ1) is 14.1. The summed E-state index contributed by atoms with van der Waals surface area (Å²) >= 11 is 1.24. The van der Waals surface area contributed by atoms with E-state index in [0.29, 0.717) is 27.4 Å². The van der Waals surface area contributed by atoms with Gasteiger partial charge in [0.1, 0.15) is 5.58 Å². The monoisotopic (exact) mass is 400 g/mol. The summed E-state index contributed by atoms with van der Waals surface area (Å²) in [6, 6.07) is 20.9. The molecule has 0 aliphatic heterocycles. The molecule has 0 radical (unpaired) electrons. The third-order valence-corrected chi connectivity index (χ3v) is 5.96. The van der Waals surface area contributed by atoms with Crippen molar-refractivity contribution in [2.45, 2.75) is 5.16 Å². The molecule has 0 fully saturated rings. The summed E-state index contributed by atoms with van der Waals surface area (Å²) in [5, 5.41) is 3.99. The molecule has 5 rings (SSSR count). The summed E-state index contributed by atoms with van der Waals surface area (Å²) in [5.74, 6) is 0.314. The molecule has 5 aromatic rings. The highest BCUT2D eigenvalue weighted by Crippen LogP contribution is 2.24. The van der Waals surface area contributed by atoms with Gasteiger partial charge in [-0.1, -0.05) is 54.2 Å². The number of fused-ring (bicyclic) bond motifs is 3. The second kappa shape index (κ2) is 6.90. The lowest BCUT2D eigenvalue weighted by Crippen LogP contribution is -2.20. The van der Waals surface area contributed by atoms with Crippen LogP contribution in [0.1, 0.15) is 10.6 Å². The van der Waals surface area contributed by atoms with Crippen LogP contribution < -0.4 is 5.56 Å². The van der Waals surface area contributed by atoms with Crippen molar-refractivity contribution in [2.24, 2.45) is 7.05 Å². The Labute approximate surface area is 170 Å². The molecule has 3 aromatic carbocycles. The Hall–Kier alpha value is -3.38. The van der Waals surface area contributed by atoms with Crippen LogP contribution in [0.4, 0.5) is 0 Å². The summed E-state index contributed by atoms with van der Waals surface area (Å²) in [4.78, 5) is 30.1. The molecule has 0 atom stereocenters. The first kappa shape index (κ1) is 17.7. The molecule has 0 N–H and O–H groups in total. The quantitative estimate of drug-likeness (QED) is 0.187. The Balaban J connectivity index is 1.48. The van der Waals surface area contributed by atoms with E-state index in [1.165, 1.54) is 16.3 Å². The fourth-order valence-corrected chi connectivity index (χ4v) is 4.23. The minimum Gasteiger partial charge on any atom is -0.453 e. The van der Waals surface area contributed by atoms with Gasteiger partial charge in [-0.3, -0.25) is 14.2 Å². The standard InChI is InChI=1S/C23H16N2O3S/c1-25-22(27)17-10-14-6-2-3-7-15(14)11-18(17)24-23(25)29-13-19(26)21-12-16-8-4-5-9-20(16)28-21/h2-12H,13H2,1H3. The van der Waals surface area contributed by atoms with Gasteiger partial charge in [-0.05, 0) is 35.0 Å². The van der Waals surface area contributed by atoms with E-state index in [-0.39, 0.29) is 17.1 Å². The number of furan rings is 1. The lowest BCUT2D eigenvalue weighted by molar-refractivity contribution is 0.0994. The Morgan fingerprint density at radius 1 is 1.00 bits per heavy atom. The topological polar surface area (TPSA) is 65.1 Å². The lowest BCUT2D eigenvalue weighted by Gasteiger charge is -2.09. The van der Waals surface area contributed by atoms with Crippen molar-refractivity contribution in [3.8, 4) is 0 Å². The zero-order chi connectivity index (χ0) is 20.0. The van der Waals surface area contributed by atoms with Crippen molar-refractivity contribution in [3.05, 3.63) is 82.8 Å². The normalized spacial score (nSPS) is 11.5. The van der Waals surface area contributed by atoms with E-state index in [1.807, 2.05) is 60.7 Å². The first-order valence-corrected chi connectivity index (χ1v) is 10.1. The molecular formula is C23H16N2O3S. The Morgan fingerprint density at radius 3 is 2.45 bits per heavy atom. The number of Topliss-reactive ketones (excluding diaryl/α,β-unsaturated/α-hetero) is 1. The van der Waals surface area contributed by atoms with Crippen molar-refractivity contribution in [1.82, 2.24) is 9.55 Å². The number of carbonyl (C=O) groups is 1. The fraction of sp³-hybridized carbons (Fsp3) is 0.0870. The minimum atomic E-state index is -0.140. The predicted molar refractivity (Wildman–Crippen MR) is 116 cm³/mol. The zero-order valence-electron chi connectivity index (χ0n) is 15.6. The van der Waals surface area contributed by atoms with Crippen LogP contribution in [0, 0.1) is 0 Å². The smallest absolute Gasteiger partial charge is 0.261 e. The van der Waals surface area contributed by atoms with E-state index in [4.69, 9.17) is 4.42 Å². The average molecular weight is 400 g/mol. The second-order valence-electron chi connectivity index (χ2n) is 6.84. The molecule has 0 spiro atoms. The zero-order valence-corrected chi connectivity index (χ0v) is 16.4. The van der Waals surface area contributed by atoms with E-state index in [1.54, 1.807) is 13.1 Å². The van der Waals surface area contributed by atoms with E-state index < -0.39 is 0 Å². The van der Waals surface area contributed by atoms with Crippen LogP contribution in [0.2, 0.25) is 0 Å². The number of aromatic nitrogens is 2. The lowest BCUT2D eigenvalue weighted by atomic mass is 10.1. The van der Waals surface area contributed by atoms with Gasteiger partial charge in [0.2, 0.25) is 5.78 Å². The van der Waals surface area contributed by atoms with Crippen molar-refractivity contribution >= 4 is 50.2 Å². The van der Waals surface area contributed by atoms with Crippen LogP contribution in [-0.4, -0.2) is 21.1 Å². The van der Waals surface area contributed by atoms with E-state index in [2.05, 4.69) is 4.98 Å². The summed E-state index contributed by atoms with van der Waals surface area (Å²) in [6.45, 7) is 0. The van der Waals surface area contributed by atoms with Crippen molar-refractivity contribution < 1.29 is 9.21 Å². The van der Waals surface area contributed by atoms with Crippen LogP contribution in [0.25, 0.3) is 32.6 Å². The van der Waals surface area contributed by atoms with Crippen LogP contribution in [0.3, 0.4) is 0 Å². The molecule has 0 unspecified atom stereocenters. The van der Waals surface area contributed by atoms with E-state index >= 15 is 0 Å². The molecule has 2 aromatic heterocycles. The van der Waals surface area contributed by atoms with Gasteiger partial charge in [-0.15, -0.1) is 0 Å². The summed E-state index contributed by atoms with van der Waals surface area (Å²) in [6.07, 6.45) is 0. The number of hydrogen-bond acceptors (Lipinski definition) is 5. The van der Waals surface area contributed by atoms with Crippen LogP contribution in [-0.2, 0) is 7.05 Å². The molecule has 29 heavy (non-hydrogen) atoms. The summed E-state index contributed by atoms with van der Waals surface area (Å²) < 4.78 is 7.13. The first-order valence-electron chi connectivity index (χ1n) is 9.14. The fourth-order valence-electron chi connectivity index (χ4n) is 3.39. The Kier molecular flexibility index (Phi) is 4.21. The van der Waals surface area contributed by atoms with Gasteiger partial charge < -0.3 is 4.42 Å². The molecule has 0 amide bonds. The number of nitrogens with zero attached hydrogens (tertiary/aromatic N) is 2. The van der Waals surface area contributed by atoms with Crippen molar-refractivity contribution in [3.63, 3.8) is 0 Å². The molecule has 2 heterocycles. The Bertz CT molecular complexity index is 1430. The SMILES string of the molecule is Cn1c(SCC(=O)c2cc3ccccc3o2)nc2cc3ccccc3cc2c1=O. The van der Waals surface area contributed by atoms with Gasteiger partial charge in [0, 0.05) is 12.4 Å². The molecule has 0 aliphatic carbocycles. The molecule has 0 saturated heterocycles. The molecule has 5 nitrogen and oxygen atoms in total. The van der Waals surface area contributed by atoms with E-state index in [9.17, 15) is 9.59 Å². The molecule has 142 valence electrons. The second-order valence-corrected chi connectivity index (χ2v) is 7.78. The molecule has 0 bridgehead atoms. The largest absolute Gasteiger partial charge is 0.453 e. The third kappa shape index (κ3) is 3.11. The molecule has 0 aliphatic rings. The van der Waals surface area contributed by atoms with Crippen LogP contribution in [0.5, 0.6) is 0 Å². The van der Waals surface area contributed by atoms with Gasteiger partial charge in [-0.2, -0.15) is 0 Å². The van der Waals surface area contributed by atoms with Crippen LogP contribution >= 0.6 is 11.8 Å². The third-order valence-electron chi connectivity index (χ3n) is 4.93. The highest BCUT2D eigenvalue weighted by Gasteiger charge is 2.15. The van der Waals surface area contributed by atoms with Crippen LogP contribution in [0.15, 0.2) is 81.1 Å². The summed E-state index contributed by atoms with van der Waals surface area (Å²) in [7, 11) is 1.68. The van der Waals surface area contributed by atoms with E-state index in [0.717, 1.165) is 16.2 Å². The number of rotatable bonds is 4. The molecule has 6 heteroatoms. The van der Waals surface area contributed by atoms with Gasteiger partial charge in [0.25, 0.3) is 5.56 Å². The highest BCUT2D eigenvalue weighted by molar-refractivity contribution is 7.99. The average Bonchev–Trinajstić information content (AvgIpc) is 3.18. The Morgan fingerprint density at radius 2 is 1.69 bits per heavy atom. The van der Waals surface area contributed by atoms with Crippen molar-refractivity contribution in [2.75, 3.05) is 5.75 Å². The van der Waals surface area contributed by atoms with Gasteiger partial charge >= 0.3 is 0 Å². The van der Waals surface area contributed by atoms with Gasteiger partial charge in [-0.25, -0.2) is 4.98 Å². The maximum atomic E-state index is 12.8. The maximum absolute atomic E-state index is 12.8. The number of hydrogen-bond donors (Lipinski definition) is 0. The number of para-hydroxylation sites is 1. The predicted octanol–water partition coefficient (Wildman–Crippen LogP) is 4.81.